The van der Waals surface area contributed by atoms with Gasteiger partial charge >= 0.3 is 0 Å². The minimum Gasteiger partial charge on any atom is -0.348 e. The number of carbonyl (C=O) groups is 1. The topological polar surface area (TPSA) is 47.6 Å². The molecule has 0 spiro atoms. The lowest BCUT2D eigenvalue weighted by atomic mass is 10.0. The zero-order valence-corrected chi connectivity index (χ0v) is 20.7. The molecule has 1 N–H and O–H groups in total. The number of hydrogen-bond donors (Lipinski definition) is 1. The Kier molecular flexibility index (Phi) is 14.4. The van der Waals surface area contributed by atoms with E-state index in [-0.39, 0.29) is 18.3 Å². The molecule has 1 aliphatic rings. The number of nitrogens with one attached hydrogen (secondary N) is 1. The molecule has 0 aliphatic carbocycles. The first-order valence-electron chi connectivity index (χ1n) is 13.4. The number of amides is 1. The largest absolute Gasteiger partial charge is 0.348 e. The lowest BCUT2D eigenvalue weighted by Crippen LogP contribution is -2.26. The van der Waals surface area contributed by atoms with Gasteiger partial charge < -0.3 is 14.8 Å². The summed E-state index contributed by atoms with van der Waals surface area (Å²) in [6.45, 7) is 5.15. The molecule has 1 aliphatic heterocycles. The highest BCUT2D eigenvalue weighted by Crippen LogP contribution is 2.28. The fraction of sp³-hybridized carbons (Fsp3) is 0.750. The van der Waals surface area contributed by atoms with Gasteiger partial charge in [0.2, 0.25) is 5.91 Å². The summed E-state index contributed by atoms with van der Waals surface area (Å²) in [5.41, 5.74) is 1.86. The molecule has 182 valence electrons. The smallest absolute Gasteiger partial charge is 0.224 e. The van der Waals surface area contributed by atoms with Crippen molar-refractivity contribution in [3.8, 4) is 0 Å². The number of rotatable bonds is 17. The number of anilines is 1. The van der Waals surface area contributed by atoms with Crippen molar-refractivity contribution in [3.05, 3.63) is 29.8 Å². The van der Waals surface area contributed by atoms with Gasteiger partial charge in [0.05, 0.1) is 12.7 Å². The van der Waals surface area contributed by atoms with Crippen LogP contribution in [0.2, 0.25) is 0 Å². The summed E-state index contributed by atoms with van der Waals surface area (Å²) in [4.78, 5) is 12.2. The molecule has 2 rings (SSSR count). The van der Waals surface area contributed by atoms with Crippen LogP contribution in [-0.4, -0.2) is 18.6 Å². The SMILES string of the molecule is CCCCCCCCCCCCCCCC(=O)Nc1ccc(C2OCCC(CC)O2)cc1. The summed E-state index contributed by atoms with van der Waals surface area (Å²) in [6, 6.07) is 7.87. The van der Waals surface area contributed by atoms with E-state index in [1.165, 1.54) is 70.6 Å². The van der Waals surface area contributed by atoms with E-state index in [1.807, 2.05) is 24.3 Å². The summed E-state index contributed by atoms with van der Waals surface area (Å²) < 4.78 is 11.7. The lowest BCUT2D eigenvalue weighted by molar-refractivity contribution is -0.217. The van der Waals surface area contributed by atoms with Crippen LogP contribution < -0.4 is 5.32 Å². The molecule has 1 aromatic carbocycles. The van der Waals surface area contributed by atoms with Crippen LogP contribution >= 0.6 is 0 Å². The van der Waals surface area contributed by atoms with Crippen LogP contribution in [0.3, 0.4) is 0 Å². The van der Waals surface area contributed by atoms with Crippen molar-refractivity contribution in [1.82, 2.24) is 0 Å². The predicted octanol–water partition coefficient (Wildman–Crippen LogP) is 8.32. The van der Waals surface area contributed by atoms with Crippen molar-refractivity contribution < 1.29 is 14.3 Å². The number of hydrogen-bond acceptors (Lipinski definition) is 3. The van der Waals surface area contributed by atoms with Gasteiger partial charge in [-0.3, -0.25) is 4.79 Å². The van der Waals surface area contributed by atoms with Crippen LogP contribution in [0.1, 0.15) is 128 Å². The number of carbonyl (C=O) groups excluding carboxylic acids is 1. The Morgan fingerprint density at radius 3 is 1.97 bits per heavy atom. The molecule has 2 unspecified atom stereocenters. The molecule has 0 saturated carbocycles. The summed E-state index contributed by atoms with van der Waals surface area (Å²) in [6.07, 6.45) is 19.7. The first-order chi connectivity index (χ1) is 15.7. The summed E-state index contributed by atoms with van der Waals surface area (Å²) >= 11 is 0. The maximum Gasteiger partial charge on any atom is 0.224 e. The molecular weight excluding hydrogens is 398 g/mol. The van der Waals surface area contributed by atoms with Gasteiger partial charge in [-0.25, -0.2) is 0 Å². The average molecular weight is 446 g/mol. The Morgan fingerprint density at radius 2 is 1.41 bits per heavy atom. The summed E-state index contributed by atoms with van der Waals surface area (Å²) in [5, 5.41) is 3.01. The molecule has 1 fully saturated rings. The van der Waals surface area contributed by atoms with Gasteiger partial charge in [-0.15, -0.1) is 0 Å². The van der Waals surface area contributed by atoms with E-state index in [4.69, 9.17) is 9.47 Å². The molecule has 1 heterocycles. The van der Waals surface area contributed by atoms with E-state index in [1.54, 1.807) is 0 Å². The summed E-state index contributed by atoms with van der Waals surface area (Å²) in [5.74, 6) is 0.108. The van der Waals surface area contributed by atoms with E-state index < -0.39 is 0 Å². The van der Waals surface area contributed by atoms with Crippen LogP contribution in [0.15, 0.2) is 24.3 Å². The highest BCUT2D eigenvalue weighted by Gasteiger charge is 2.23. The van der Waals surface area contributed by atoms with Crippen LogP contribution in [0, 0.1) is 0 Å². The fourth-order valence-electron chi connectivity index (χ4n) is 4.31. The molecule has 2 atom stereocenters. The van der Waals surface area contributed by atoms with Crippen molar-refractivity contribution in [3.63, 3.8) is 0 Å². The Balaban J connectivity index is 1.47. The molecule has 32 heavy (non-hydrogen) atoms. The minimum absolute atomic E-state index is 0.108. The van der Waals surface area contributed by atoms with Crippen LogP contribution in [-0.2, 0) is 14.3 Å². The van der Waals surface area contributed by atoms with E-state index in [0.717, 1.165) is 43.5 Å². The second kappa shape index (κ2) is 17.1. The lowest BCUT2D eigenvalue weighted by Gasteiger charge is -2.30. The molecule has 4 nitrogen and oxygen atoms in total. The van der Waals surface area contributed by atoms with Crippen LogP contribution in [0.4, 0.5) is 5.69 Å². The molecule has 1 aromatic rings. The van der Waals surface area contributed by atoms with Crippen molar-refractivity contribution in [2.75, 3.05) is 11.9 Å². The van der Waals surface area contributed by atoms with Gasteiger partial charge in [-0.05, 0) is 31.4 Å². The number of unbranched alkanes of at least 4 members (excludes halogenated alkanes) is 12. The fourth-order valence-corrected chi connectivity index (χ4v) is 4.31. The van der Waals surface area contributed by atoms with E-state index in [0.29, 0.717) is 6.42 Å². The van der Waals surface area contributed by atoms with Crippen LogP contribution in [0.25, 0.3) is 0 Å². The Labute approximate surface area is 196 Å². The standard InChI is InChI=1S/C28H47NO3/c1-3-5-6-7-8-9-10-11-12-13-14-15-16-17-27(30)29-25-20-18-24(19-21-25)28-31-23-22-26(4-2)32-28/h18-21,26,28H,3-17,22-23H2,1-2H3,(H,29,30). The first kappa shape index (κ1) is 26.9. The zero-order chi connectivity index (χ0) is 22.9. The van der Waals surface area contributed by atoms with E-state index >= 15 is 0 Å². The molecule has 0 radical (unpaired) electrons. The monoisotopic (exact) mass is 445 g/mol. The molecular formula is C28H47NO3. The van der Waals surface area contributed by atoms with Crippen molar-refractivity contribution in [2.45, 2.75) is 129 Å². The molecule has 0 bridgehead atoms. The third kappa shape index (κ3) is 11.5. The Hall–Kier alpha value is -1.39. The van der Waals surface area contributed by atoms with Gasteiger partial charge in [0.1, 0.15) is 0 Å². The third-order valence-corrected chi connectivity index (χ3v) is 6.45. The molecule has 1 amide bonds. The Bertz CT molecular complexity index is 601. The number of benzene rings is 1. The normalized spacial score (nSPS) is 18.6. The van der Waals surface area contributed by atoms with Gasteiger partial charge in [0.15, 0.2) is 6.29 Å². The second-order valence-electron chi connectivity index (χ2n) is 9.32. The van der Waals surface area contributed by atoms with E-state index in [9.17, 15) is 4.79 Å². The average Bonchev–Trinajstić information content (AvgIpc) is 2.82. The Morgan fingerprint density at radius 1 is 0.844 bits per heavy atom. The quantitative estimate of drug-likeness (QED) is 0.245. The molecule has 4 heteroatoms. The van der Waals surface area contributed by atoms with Crippen LogP contribution in [0.5, 0.6) is 0 Å². The van der Waals surface area contributed by atoms with Gasteiger partial charge in [0.25, 0.3) is 0 Å². The first-order valence-corrected chi connectivity index (χ1v) is 13.4. The van der Waals surface area contributed by atoms with E-state index in [2.05, 4.69) is 19.2 Å². The molecule has 0 aromatic heterocycles. The highest BCUT2D eigenvalue weighted by molar-refractivity contribution is 5.90. The maximum absolute atomic E-state index is 12.2. The second-order valence-corrected chi connectivity index (χ2v) is 9.32. The third-order valence-electron chi connectivity index (χ3n) is 6.45. The van der Waals surface area contributed by atoms with Crippen molar-refractivity contribution >= 4 is 11.6 Å². The highest BCUT2D eigenvalue weighted by atomic mass is 16.7. The number of ether oxygens (including phenoxy) is 2. The van der Waals surface area contributed by atoms with Crippen molar-refractivity contribution in [1.29, 1.82) is 0 Å². The van der Waals surface area contributed by atoms with Gasteiger partial charge in [-0.2, -0.15) is 0 Å². The maximum atomic E-state index is 12.2. The zero-order valence-electron chi connectivity index (χ0n) is 20.7. The van der Waals surface area contributed by atoms with Crippen molar-refractivity contribution in [2.24, 2.45) is 0 Å². The van der Waals surface area contributed by atoms with Gasteiger partial charge in [0, 0.05) is 17.7 Å². The minimum atomic E-state index is -0.288. The molecule has 1 saturated heterocycles. The predicted molar refractivity (Wildman–Crippen MR) is 134 cm³/mol. The van der Waals surface area contributed by atoms with Gasteiger partial charge in [-0.1, -0.05) is 103 Å². The summed E-state index contributed by atoms with van der Waals surface area (Å²) in [7, 11) is 0.